The molecule has 0 amide bonds. The van der Waals surface area contributed by atoms with Crippen molar-refractivity contribution in [2.24, 2.45) is 5.73 Å². The molecule has 0 heterocycles. The summed E-state index contributed by atoms with van der Waals surface area (Å²) in [6, 6.07) is 1.81. The van der Waals surface area contributed by atoms with Gasteiger partial charge in [0.25, 0.3) is 0 Å². The number of hydrogen-bond acceptors (Lipinski definition) is 2. The van der Waals surface area contributed by atoms with Crippen molar-refractivity contribution in [1.82, 2.24) is 0 Å². The fraction of sp³-hybridized carbons (Fsp3) is 0.250. The first kappa shape index (κ1) is 5.19. The van der Waals surface area contributed by atoms with Crippen LogP contribution < -0.4 is 5.73 Å². The lowest BCUT2D eigenvalue weighted by Gasteiger charge is -1.65. The van der Waals surface area contributed by atoms with Gasteiger partial charge in [-0.1, -0.05) is 6.08 Å². The summed E-state index contributed by atoms with van der Waals surface area (Å²) in [5.74, 6) is 0. The van der Waals surface area contributed by atoms with Gasteiger partial charge in [-0.25, -0.2) is 0 Å². The lowest BCUT2D eigenvalue weighted by molar-refractivity contribution is 1.25. The van der Waals surface area contributed by atoms with Crippen LogP contribution in [0.4, 0.5) is 0 Å². The van der Waals surface area contributed by atoms with Crippen LogP contribution in [0.15, 0.2) is 12.2 Å². The summed E-state index contributed by atoms with van der Waals surface area (Å²) >= 11 is 0. The van der Waals surface area contributed by atoms with Gasteiger partial charge in [0, 0.05) is 12.6 Å². The average Bonchev–Trinajstić information content (AvgIpc) is 1.61. The van der Waals surface area contributed by atoms with Crippen molar-refractivity contribution >= 4 is 0 Å². The van der Waals surface area contributed by atoms with Crippen molar-refractivity contribution in [3.05, 3.63) is 12.2 Å². The van der Waals surface area contributed by atoms with Crippen LogP contribution in [0.1, 0.15) is 0 Å². The topological polar surface area (TPSA) is 49.8 Å². The molecule has 2 heteroatoms. The van der Waals surface area contributed by atoms with Crippen LogP contribution in [0.3, 0.4) is 0 Å². The molecule has 0 aromatic heterocycles. The molecule has 0 aliphatic heterocycles. The van der Waals surface area contributed by atoms with Gasteiger partial charge < -0.3 is 5.73 Å². The molecule has 0 saturated carbocycles. The maximum atomic E-state index is 7.80. The van der Waals surface area contributed by atoms with Crippen LogP contribution in [-0.4, -0.2) is 6.54 Å². The zero-order chi connectivity index (χ0) is 4.83. The summed E-state index contributed by atoms with van der Waals surface area (Å²) < 4.78 is 0. The first-order valence-electron chi connectivity index (χ1n) is 1.66. The smallest absolute Gasteiger partial charge is 0.0909 e. The predicted octanol–water partition coefficient (Wildman–Crippen LogP) is 0.0249. The summed E-state index contributed by atoms with van der Waals surface area (Å²) in [5.41, 5.74) is 4.98. The first-order chi connectivity index (χ1) is 2.91. The molecule has 0 bridgehead atoms. The van der Waals surface area contributed by atoms with E-state index in [1.807, 2.05) is 6.07 Å². The van der Waals surface area contributed by atoms with E-state index in [0.717, 1.165) is 0 Å². The van der Waals surface area contributed by atoms with Crippen LogP contribution in [0.2, 0.25) is 0 Å². The highest BCUT2D eigenvalue weighted by molar-refractivity contribution is 5.01. The number of nitrogens with two attached hydrogens (primary N) is 1. The van der Waals surface area contributed by atoms with Crippen molar-refractivity contribution in [1.29, 1.82) is 5.26 Å². The van der Waals surface area contributed by atoms with Crippen molar-refractivity contribution in [3.63, 3.8) is 0 Å². The van der Waals surface area contributed by atoms with Gasteiger partial charge in [-0.2, -0.15) is 5.26 Å². The highest BCUT2D eigenvalue weighted by atomic mass is 14.5. The standard InChI is InChI=1S/C4H6N2/c5-3-1-2-4-6/h1-2H,3,5H2/b2-1-. The minimum absolute atomic E-state index is 0.452. The third-order valence-corrected chi connectivity index (χ3v) is 0.328. The average molecular weight is 82.1 g/mol. The summed E-state index contributed by atoms with van der Waals surface area (Å²) in [4.78, 5) is 0. The zero-order valence-electron chi connectivity index (χ0n) is 3.39. The summed E-state index contributed by atoms with van der Waals surface area (Å²) in [5, 5.41) is 7.80. The Morgan fingerprint density at radius 3 is 2.67 bits per heavy atom. The van der Waals surface area contributed by atoms with Gasteiger partial charge in [-0.3, -0.25) is 0 Å². The Morgan fingerprint density at radius 2 is 2.50 bits per heavy atom. The summed E-state index contributed by atoms with van der Waals surface area (Å²) in [7, 11) is 0. The fourth-order valence-electron chi connectivity index (χ4n) is 0.121. The van der Waals surface area contributed by atoms with E-state index in [9.17, 15) is 0 Å². The van der Waals surface area contributed by atoms with E-state index < -0.39 is 0 Å². The van der Waals surface area contributed by atoms with Gasteiger partial charge in [0.1, 0.15) is 0 Å². The van der Waals surface area contributed by atoms with E-state index in [0.29, 0.717) is 6.54 Å². The molecule has 2 nitrogen and oxygen atoms in total. The Bertz CT molecular complexity index is 78.0. The Kier molecular flexibility index (Phi) is 3.62. The van der Waals surface area contributed by atoms with E-state index >= 15 is 0 Å². The summed E-state index contributed by atoms with van der Waals surface area (Å²) in [6.07, 6.45) is 2.96. The largest absolute Gasteiger partial charge is 0.327 e. The van der Waals surface area contributed by atoms with Crippen LogP contribution in [0.25, 0.3) is 0 Å². The molecule has 0 fully saturated rings. The highest BCUT2D eigenvalue weighted by Gasteiger charge is 1.57. The molecule has 6 heavy (non-hydrogen) atoms. The SMILES string of the molecule is N#C/C=C\CN. The Balaban J connectivity index is 3.02. The first-order valence-corrected chi connectivity index (χ1v) is 1.66. The molecule has 0 aliphatic carbocycles. The lowest BCUT2D eigenvalue weighted by Crippen LogP contribution is -1.91. The van der Waals surface area contributed by atoms with Crippen LogP contribution in [0, 0.1) is 11.3 Å². The fourth-order valence-corrected chi connectivity index (χ4v) is 0.121. The van der Waals surface area contributed by atoms with Gasteiger partial charge >= 0.3 is 0 Å². The highest BCUT2D eigenvalue weighted by Crippen LogP contribution is 1.59. The predicted molar refractivity (Wildman–Crippen MR) is 23.8 cm³/mol. The van der Waals surface area contributed by atoms with E-state index in [1.54, 1.807) is 6.08 Å². The van der Waals surface area contributed by atoms with Gasteiger partial charge in [0.2, 0.25) is 0 Å². The number of hydrogen-bond donors (Lipinski definition) is 1. The second-order valence-corrected chi connectivity index (χ2v) is 0.767. The number of rotatable bonds is 1. The van der Waals surface area contributed by atoms with Crippen molar-refractivity contribution in [2.45, 2.75) is 0 Å². The molecular formula is C4H6N2. The molecule has 0 radical (unpaired) electrons. The van der Waals surface area contributed by atoms with E-state index in [4.69, 9.17) is 11.0 Å². The molecule has 2 N–H and O–H groups in total. The molecule has 0 aliphatic rings. The number of nitrogens with zero attached hydrogens (tertiary/aromatic N) is 1. The molecular weight excluding hydrogens is 76.1 g/mol. The summed E-state index contributed by atoms with van der Waals surface area (Å²) in [6.45, 7) is 0.452. The van der Waals surface area contributed by atoms with E-state index in [-0.39, 0.29) is 0 Å². The minimum Gasteiger partial charge on any atom is -0.327 e. The van der Waals surface area contributed by atoms with Crippen LogP contribution >= 0.6 is 0 Å². The number of nitriles is 1. The molecule has 0 spiro atoms. The Morgan fingerprint density at radius 1 is 1.83 bits per heavy atom. The monoisotopic (exact) mass is 82.1 g/mol. The Hall–Kier alpha value is -0.810. The minimum atomic E-state index is 0.452. The molecule has 0 aromatic rings. The third-order valence-electron chi connectivity index (χ3n) is 0.328. The quantitative estimate of drug-likeness (QED) is 0.453. The lowest BCUT2D eigenvalue weighted by atomic mass is 10.5. The van der Waals surface area contributed by atoms with Crippen LogP contribution in [0.5, 0.6) is 0 Å². The Labute approximate surface area is 36.9 Å². The van der Waals surface area contributed by atoms with Gasteiger partial charge in [0.15, 0.2) is 0 Å². The van der Waals surface area contributed by atoms with E-state index in [2.05, 4.69) is 0 Å². The zero-order valence-corrected chi connectivity index (χ0v) is 3.39. The maximum absolute atomic E-state index is 7.80. The second kappa shape index (κ2) is 4.19. The van der Waals surface area contributed by atoms with Gasteiger partial charge in [-0.15, -0.1) is 0 Å². The molecule has 0 saturated heterocycles. The van der Waals surface area contributed by atoms with Gasteiger partial charge in [0.05, 0.1) is 6.07 Å². The van der Waals surface area contributed by atoms with Gasteiger partial charge in [-0.05, 0) is 0 Å². The normalized spacial score (nSPS) is 8.67. The van der Waals surface area contributed by atoms with Crippen molar-refractivity contribution in [3.8, 4) is 6.07 Å². The van der Waals surface area contributed by atoms with Crippen molar-refractivity contribution < 1.29 is 0 Å². The second-order valence-electron chi connectivity index (χ2n) is 0.767. The van der Waals surface area contributed by atoms with Crippen LogP contribution in [-0.2, 0) is 0 Å². The van der Waals surface area contributed by atoms with Crippen molar-refractivity contribution in [2.75, 3.05) is 6.54 Å². The molecule has 0 unspecified atom stereocenters. The van der Waals surface area contributed by atoms with E-state index in [1.165, 1.54) is 6.08 Å². The molecule has 0 rings (SSSR count). The third kappa shape index (κ3) is 3.19. The molecule has 0 aromatic carbocycles. The molecule has 0 atom stereocenters. The maximum Gasteiger partial charge on any atom is 0.0909 e. The number of allylic oxidation sites excluding steroid dienone is 1. The molecule has 32 valence electrons.